The fourth-order valence-corrected chi connectivity index (χ4v) is 1.71. The molecule has 0 rings (SSSR count). The summed E-state index contributed by atoms with van der Waals surface area (Å²) in [7, 11) is 0. The normalized spacial score (nSPS) is 14.1. The van der Waals surface area contributed by atoms with E-state index < -0.39 is 24.0 Å². The fourth-order valence-electron chi connectivity index (χ4n) is 1.24. The van der Waals surface area contributed by atoms with E-state index in [-0.39, 0.29) is 0 Å². The van der Waals surface area contributed by atoms with Gasteiger partial charge >= 0.3 is 5.97 Å². The zero-order chi connectivity index (χ0) is 13.3. The molecule has 0 heterocycles. The monoisotopic (exact) mass is 263 g/mol. The summed E-state index contributed by atoms with van der Waals surface area (Å²) in [6.45, 7) is 0.468. The molecule has 0 radical (unpaired) electrons. The lowest BCUT2D eigenvalue weighted by Gasteiger charge is -2.17. The van der Waals surface area contributed by atoms with Crippen LogP contribution in [0.15, 0.2) is 0 Å². The van der Waals surface area contributed by atoms with Crippen molar-refractivity contribution < 1.29 is 14.7 Å². The van der Waals surface area contributed by atoms with Crippen LogP contribution in [0.1, 0.15) is 19.3 Å². The van der Waals surface area contributed by atoms with Gasteiger partial charge in [-0.05, 0) is 37.8 Å². The average Bonchev–Trinajstić information content (AvgIpc) is 2.30. The van der Waals surface area contributed by atoms with Crippen molar-refractivity contribution in [1.29, 1.82) is 0 Å². The molecule has 6 N–H and O–H groups in total. The number of hydrogen-bond donors (Lipinski definition) is 4. The Morgan fingerprint density at radius 3 is 2.53 bits per heavy atom. The van der Waals surface area contributed by atoms with Gasteiger partial charge in [-0.2, -0.15) is 11.8 Å². The summed E-state index contributed by atoms with van der Waals surface area (Å²) in [5, 5.41) is 11.4. The van der Waals surface area contributed by atoms with Gasteiger partial charge in [-0.25, -0.2) is 4.79 Å². The highest BCUT2D eigenvalue weighted by Gasteiger charge is 2.22. The van der Waals surface area contributed by atoms with Crippen molar-refractivity contribution in [2.45, 2.75) is 31.3 Å². The third-order valence-electron chi connectivity index (χ3n) is 2.28. The number of nitrogens with two attached hydrogens (primary N) is 2. The minimum atomic E-state index is -1.03. The maximum absolute atomic E-state index is 11.6. The minimum absolute atomic E-state index is 0.395. The average molecular weight is 263 g/mol. The van der Waals surface area contributed by atoms with E-state index in [9.17, 15) is 9.59 Å². The number of carboxylic acid groups (broad SMARTS) is 1. The van der Waals surface area contributed by atoms with Gasteiger partial charge in [0.05, 0.1) is 6.04 Å². The lowest BCUT2D eigenvalue weighted by Crippen LogP contribution is -2.48. The molecule has 0 aromatic rings. The maximum Gasteiger partial charge on any atom is 0.326 e. The summed E-state index contributed by atoms with van der Waals surface area (Å²) in [6, 6.07) is -1.55. The summed E-state index contributed by atoms with van der Waals surface area (Å²) in [5.41, 5.74) is 10.9. The van der Waals surface area contributed by atoms with Gasteiger partial charge in [-0.3, -0.25) is 4.79 Å². The lowest BCUT2D eigenvalue weighted by atomic mass is 10.1. The second kappa shape index (κ2) is 9.26. The van der Waals surface area contributed by atoms with Crippen molar-refractivity contribution in [3.63, 3.8) is 0 Å². The zero-order valence-electron chi connectivity index (χ0n) is 10.0. The van der Waals surface area contributed by atoms with Crippen molar-refractivity contribution in [2.24, 2.45) is 11.5 Å². The number of aliphatic carboxylic acids is 1. The topological polar surface area (TPSA) is 118 Å². The largest absolute Gasteiger partial charge is 0.480 e. The maximum atomic E-state index is 11.6. The highest BCUT2D eigenvalue weighted by atomic mass is 32.2. The first-order valence-electron chi connectivity index (χ1n) is 5.50. The second-order valence-electron chi connectivity index (χ2n) is 3.72. The Hall–Kier alpha value is -0.790. The summed E-state index contributed by atoms with van der Waals surface area (Å²) in [5.74, 6) is -0.777. The highest BCUT2D eigenvalue weighted by Crippen LogP contribution is 2.02. The van der Waals surface area contributed by atoms with E-state index in [0.29, 0.717) is 31.6 Å². The molecule has 0 bridgehead atoms. The Morgan fingerprint density at radius 2 is 2.06 bits per heavy atom. The number of carboxylic acids is 1. The molecule has 2 atom stereocenters. The molecule has 0 fully saturated rings. The molecule has 0 aliphatic heterocycles. The molecule has 0 aliphatic rings. The van der Waals surface area contributed by atoms with E-state index in [4.69, 9.17) is 16.6 Å². The Balaban J connectivity index is 4.15. The van der Waals surface area contributed by atoms with Crippen LogP contribution in [0.3, 0.4) is 0 Å². The van der Waals surface area contributed by atoms with Crippen LogP contribution in [-0.2, 0) is 9.59 Å². The summed E-state index contributed by atoms with van der Waals surface area (Å²) in [6.07, 6.45) is 3.40. The number of carbonyl (C=O) groups excluding carboxylic acids is 1. The molecule has 1 unspecified atom stereocenters. The molecule has 100 valence electrons. The Labute approximate surface area is 105 Å². The van der Waals surface area contributed by atoms with Gasteiger partial charge in [-0.15, -0.1) is 0 Å². The smallest absolute Gasteiger partial charge is 0.326 e. The summed E-state index contributed by atoms with van der Waals surface area (Å²) >= 11 is 1.53. The molecule has 0 saturated carbocycles. The molecule has 0 spiro atoms. The molecule has 0 aromatic heterocycles. The van der Waals surface area contributed by atoms with Gasteiger partial charge in [0.25, 0.3) is 0 Å². The zero-order valence-corrected chi connectivity index (χ0v) is 10.8. The van der Waals surface area contributed by atoms with Crippen molar-refractivity contribution in [3.8, 4) is 0 Å². The van der Waals surface area contributed by atoms with Gasteiger partial charge in [0.2, 0.25) is 5.91 Å². The molecule has 6 nitrogen and oxygen atoms in total. The molecule has 0 aromatic carbocycles. The van der Waals surface area contributed by atoms with E-state index in [1.54, 1.807) is 0 Å². The molecule has 17 heavy (non-hydrogen) atoms. The third-order valence-corrected chi connectivity index (χ3v) is 2.93. The van der Waals surface area contributed by atoms with Crippen molar-refractivity contribution >= 4 is 23.6 Å². The fraction of sp³-hybridized carbons (Fsp3) is 0.800. The van der Waals surface area contributed by atoms with Crippen LogP contribution in [0.4, 0.5) is 0 Å². The Morgan fingerprint density at radius 1 is 1.41 bits per heavy atom. The first-order chi connectivity index (χ1) is 8.02. The van der Waals surface area contributed by atoms with Gasteiger partial charge in [0, 0.05) is 0 Å². The molecular formula is C10H21N3O3S. The van der Waals surface area contributed by atoms with Crippen LogP contribution >= 0.6 is 11.8 Å². The van der Waals surface area contributed by atoms with E-state index in [2.05, 4.69) is 5.32 Å². The molecule has 1 amide bonds. The van der Waals surface area contributed by atoms with Gasteiger partial charge in [0.1, 0.15) is 6.04 Å². The van der Waals surface area contributed by atoms with Gasteiger partial charge in [0.15, 0.2) is 0 Å². The highest BCUT2D eigenvalue weighted by molar-refractivity contribution is 7.98. The summed E-state index contributed by atoms with van der Waals surface area (Å²) < 4.78 is 0. The molecule has 0 aliphatic carbocycles. The number of carbonyl (C=O) groups is 2. The van der Waals surface area contributed by atoms with E-state index >= 15 is 0 Å². The molecule has 0 saturated heterocycles. The van der Waals surface area contributed by atoms with Crippen molar-refractivity contribution in [1.82, 2.24) is 5.32 Å². The number of amides is 1. The molecular weight excluding hydrogens is 242 g/mol. The lowest BCUT2D eigenvalue weighted by molar-refractivity contribution is -0.142. The Kier molecular flexibility index (Phi) is 8.83. The first kappa shape index (κ1) is 16.2. The van der Waals surface area contributed by atoms with Crippen LogP contribution in [0, 0.1) is 0 Å². The van der Waals surface area contributed by atoms with E-state index in [1.165, 1.54) is 11.8 Å². The van der Waals surface area contributed by atoms with Gasteiger partial charge in [-0.1, -0.05) is 0 Å². The Bertz CT molecular complexity index is 251. The predicted molar refractivity (Wildman–Crippen MR) is 68.8 cm³/mol. The SMILES string of the molecule is CSCC[C@H](NC(=O)C(N)CCCN)C(=O)O. The number of thioether (sulfide) groups is 1. The quantitative estimate of drug-likeness (QED) is 0.440. The van der Waals surface area contributed by atoms with E-state index in [0.717, 1.165) is 0 Å². The van der Waals surface area contributed by atoms with Crippen LogP contribution in [0.25, 0.3) is 0 Å². The third kappa shape index (κ3) is 7.19. The van der Waals surface area contributed by atoms with Crippen LogP contribution in [-0.4, -0.2) is 47.6 Å². The van der Waals surface area contributed by atoms with Crippen LogP contribution in [0.2, 0.25) is 0 Å². The molecule has 7 heteroatoms. The standard InChI is InChI=1S/C10H21N3O3S/c1-17-6-4-8(10(15)16)13-9(14)7(12)3-2-5-11/h7-8H,2-6,11-12H2,1H3,(H,13,14)(H,15,16)/t7?,8-/m0/s1. The van der Waals surface area contributed by atoms with Crippen LogP contribution < -0.4 is 16.8 Å². The minimum Gasteiger partial charge on any atom is -0.480 e. The first-order valence-corrected chi connectivity index (χ1v) is 6.90. The predicted octanol–water partition coefficient (Wildman–Crippen LogP) is -0.625. The van der Waals surface area contributed by atoms with Gasteiger partial charge < -0.3 is 21.9 Å². The number of nitrogens with one attached hydrogen (secondary N) is 1. The van der Waals surface area contributed by atoms with Crippen molar-refractivity contribution in [2.75, 3.05) is 18.6 Å². The summed E-state index contributed by atoms with van der Waals surface area (Å²) in [4.78, 5) is 22.5. The number of rotatable bonds is 9. The second-order valence-corrected chi connectivity index (χ2v) is 4.70. The van der Waals surface area contributed by atoms with Crippen LogP contribution in [0.5, 0.6) is 0 Å². The van der Waals surface area contributed by atoms with E-state index in [1.807, 2.05) is 6.26 Å². The van der Waals surface area contributed by atoms with Crippen molar-refractivity contribution in [3.05, 3.63) is 0 Å². The number of hydrogen-bond acceptors (Lipinski definition) is 5.